The molecule has 0 saturated carbocycles. The Labute approximate surface area is 204 Å². The monoisotopic (exact) mass is 472 g/mol. The number of nitrogens with one attached hydrogen (secondary N) is 2. The zero-order valence-corrected chi connectivity index (χ0v) is 19.7. The lowest BCUT2D eigenvalue weighted by atomic mass is 9.97. The Balaban J connectivity index is 1.43. The predicted octanol–water partition coefficient (Wildman–Crippen LogP) is 5.42. The molecule has 1 aliphatic carbocycles. The third-order valence-corrected chi connectivity index (χ3v) is 6.17. The maximum absolute atomic E-state index is 12.9. The first-order valence-corrected chi connectivity index (χ1v) is 11.5. The smallest absolute Gasteiger partial charge is 0.411 e. The molecule has 0 saturated heterocycles. The van der Waals surface area contributed by atoms with Gasteiger partial charge in [0.25, 0.3) is 5.91 Å². The Kier molecular flexibility index (Phi) is 6.87. The van der Waals surface area contributed by atoms with Gasteiger partial charge in [0.1, 0.15) is 6.61 Å². The number of hydrogen-bond acceptors (Lipinski definition) is 4. The summed E-state index contributed by atoms with van der Waals surface area (Å²) < 4.78 is 5.60. The first-order valence-electron chi connectivity index (χ1n) is 11.5. The summed E-state index contributed by atoms with van der Waals surface area (Å²) in [5, 5.41) is 14.5. The van der Waals surface area contributed by atoms with Gasteiger partial charge >= 0.3 is 12.1 Å². The summed E-state index contributed by atoms with van der Waals surface area (Å²) in [6, 6.07) is 22.8. The molecule has 3 aromatic rings. The normalized spacial score (nSPS) is 12.4. The van der Waals surface area contributed by atoms with Crippen LogP contribution in [0.5, 0.6) is 0 Å². The molecule has 2 amide bonds. The number of carboxylic acids is 1. The average Bonchev–Trinajstić information content (AvgIpc) is 3.15. The number of para-hydroxylation sites is 1. The number of fused-ring (bicyclic) bond motifs is 3. The van der Waals surface area contributed by atoms with Crippen LogP contribution in [0.1, 0.15) is 54.1 Å². The Hall–Kier alpha value is -4.13. The van der Waals surface area contributed by atoms with Crippen molar-refractivity contribution in [2.45, 2.75) is 38.1 Å². The van der Waals surface area contributed by atoms with E-state index < -0.39 is 23.5 Å². The summed E-state index contributed by atoms with van der Waals surface area (Å²) in [5.41, 5.74) is 4.37. The van der Waals surface area contributed by atoms with E-state index in [9.17, 15) is 14.4 Å². The maximum Gasteiger partial charge on any atom is 0.411 e. The summed E-state index contributed by atoms with van der Waals surface area (Å²) in [6.07, 6.45) is -0.444. The van der Waals surface area contributed by atoms with Gasteiger partial charge in [0, 0.05) is 17.9 Å². The number of hydrogen-bond donors (Lipinski definition) is 3. The van der Waals surface area contributed by atoms with Gasteiger partial charge in [-0.1, -0.05) is 60.7 Å². The van der Waals surface area contributed by atoms with Gasteiger partial charge in [0.15, 0.2) is 0 Å². The van der Waals surface area contributed by atoms with Crippen LogP contribution in [0.25, 0.3) is 11.1 Å². The van der Waals surface area contributed by atoms with Crippen LogP contribution < -0.4 is 10.6 Å². The lowest BCUT2D eigenvalue weighted by Crippen LogP contribution is -2.44. The fraction of sp³-hybridized carbons (Fsp3) is 0.250. The second-order valence-corrected chi connectivity index (χ2v) is 9.23. The lowest BCUT2D eigenvalue weighted by Gasteiger charge is -2.26. The third-order valence-electron chi connectivity index (χ3n) is 6.17. The fourth-order valence-corrected chi connectivity index (χ4v) is 4.39. The van der Waals surface area contributed by atoms with Crippen molar-refractivity contribution in [3.63, 3.8) is 0 Å². The number of carbonyl (C=O) groups is 3. The third kappa shape index (κ3) is 5.51. The molecule has 0 aliphatic heterocycles. The van der Waals surface area contributed by atoms with E-state index in [1.54, 1.807) is 38.1 Å². The SMILES string of the molecule is CC(C)(CCC(=O)O)NC(=O)c1ccccc1NC(=O)OCC1c2ccccc2-c2ccccc21. The van der Waals surface area contributed by atoms with Gasteiger partial charge in [-0.3, -0.25) is 14.9 Å². The van der Waals surface area contributed by atoms with Crippen molar-refractivity contribution in [2.75, 3.05) is 11.9 Å². The number of carbonyl (C=O) groups excluding carboxylic acids is 2. The molecular weight excluding hydrogens is 444 g/mol. The Morgan fingerprint density at radius 2 is 1.46 bits per heavy atom. The molecule has 180 valence electrons. The van der Waals surface area contributed by atoms with E-state index >= 15 is 0 Å². The first-order chi connectivity index (χ1) is 16.7. The van der Waals surface area contributed by atoms with E-state index in [1.807, 2.05) is 36.4 Å². The lowest BCUT2D eigenvalue weighted by molar-refractivity contribution is -0.137. The molecule has 0 atom stereocenters. The van der Waals surface area contributed by atoms with Gasteiger partial charge in [-0.05, 0) is 54.7 Å². The standard InChI is InChI=1S/C28H28N2O5/c1-28(2,16-15-25(31)32)30-26(33)22-13-7-8-14-24(22)29-27(34)35-17-23-20-11-5-3-9-18(20)19-10-4-6-12-21(19)23/h3-14,23H,15-17H2,1-2H3,(H,29,34)(H,30,33)(H,31,32). The highest BCUT2D eigenvalue weighted by Gasteiger charge is 2.29. The first kappa shape index (κ1) is 24.0. The highest BCUT2D eigenvalue weighted by Crippen LogP contribution is 2.44. The van der Waals surface area contributed by atoms with E-state index in [0.29, 0.717) is 5.69 Å². The van der Waals surface area contributed by atoms with Gasteiger partial charge in [-0.2, -0.15) is 0 Å². The minimum Gasteiger partial charge on any atom is -0.481 e. The molecule has 0 aromatic heterocycles. The molecule has 0 radical (unpaired) electrons. The molecular formula is C28H28N2O5. The second-order valence-electron chi connectivity index (χ2n) is 9.23. The number of benzene rings is 3. The Morgan fingerprint density at radius 3 is 2.09 bits per heavy atom. The Morgan fingerprint density at radius 1 is 0.886 bits per heavy atom. The van der Waals surface area contributed by atoms with Crippen LogP contribution in [0.3, 0.4) is 0 Å². The van der Waals surface area contributed by atoms with E-state index in [2.05, 4.69) is 22.8 Å². The average molecular weight is 473 g/mol. The maximum atomic E-state index is 12.9. The van der Waals surface area contributed by atoms with E-state index in [1.165, 1.54) is 0 Å². The molecule has 0 bridgehead atoms. The van der Waals surface area contributed by atoms with Gasteiger partial charge < -0.3 is 15.2 Å². The highest BCUT2D eigenvalue weighted by molar-refractivity contribution is 6.03. The van der Waals surface area contributed by atoms with E-state index in [0.717, 1.165) is 22.3 Å². The number of amides is 2. The van der Waals surface area contributed by atoms with Crippen LogP contribution in [-0.2, 0) is 9.53 Å². The summed E-state index contributed by atoms with van der Waals surface area (Å²) in [4.78, 5) is 36.5. The minimum absolute atomic E-state index is 0.0626. The number of ether oxygens (including phenoxy) is 1. The largest absolute Gasteiger partial charge is 0.481 e. The zero-order valence-electron chi connectivity index (χ0n) is 19.7. The number of aliphatic carboxylic acids is 1. The van der Waals surface area contributed by atoms with Crippen molar-refractivity contribution in [2.24, 2.45) is 0 Å². The molecule has 0 heterocycles. The van der Waals surface area contributed by atoms with E-state index in [4.69, 9.17) is 9.84 Å². The fourth-order valence-electron chi connectivity index (χ4n) is 4.39. The van der Waals surface area contributed by atoms with Crippen LogP contribution in [-0.4, -0.2) is 35.2 Å². The van der Waals surface area contributed by atoms with Crippen LogP contribution in [0.4, 0.5) is 10.5 Å². The highest BCUT2D eigenvalue weighted by atomic mass is 16.5. The molecule has 1 aliphatic rings. The van der Waals surface area contributed by atoms with Crippen LogP contribution >= 0.6 is 0 Å². The molecule has 4 rings (SSSR count). The predicted molar refractivity (Wildman–Crippen MR) is 134 cm³/mol. The van der Waals surface area contributed by atoms with Crippen LogP contribution in [0.2, 0.25) is 0 Å². The van der Waals surface area contributed by atoms with Crippen molar-refractivity contribution in [1.82, 2.24) is 5.32 Å². The second kappa shape index (κ2) is 10.0. The molecule has 0 fully saturated rings. The quantitative estimate of drug-likeness (QED) is 0.406. The Bertz CT molecular complexity index is 1220. The molecule has 7 nitrogen and oxygen atoms in total. The van der Waals surface area contributed by atoms with Crippen molar-refractivity contribution in [3.05, 3.63) is 89.5 Å². The summed E-state index contributed by atoms with van der Waals surface area (Å²) in [5.74, 6) is -1.40. The molecule has 0 spiro atoms. The zero-order chi connectivity index (χ0) is 25.0. The molecule has 0 unspecified atom stereocenters. The van der Waals surface area contributed by atoms with Crippen molar-refractivity contribution in [1.29, 1.82) is 0 Å². The summed E-state index contributed by atoms with van der Waals surface area (Å²) in [6.45, 7) is 3.68. The topological polar surface area (TPSA) is 105 Å². The molecule has 3 aromatic carbocycles. The van der Waals surface area contributed by atoms with Crippen LogP contribution in [0, 0.1) is 0 Å². The van der Waals surface area contributed by atoms with Gasteiger partial charge in [-0.25, -0.2) is 4.79 Å². The number of carboxylic acid groups (broad SMARTS) is 1. The summed E-state index contributed by atoms with van der Waals surface area (Å²) >= 11 is 0. The van der Waals surface area contributed by atoms with Crippen molar-refractivity contribution in [3.8, 4) is 11.1 Å². The van der Waals surface area contributed by atoms with Crippen molar-refractivity contribution >= 4 is 23.7 Å². The van der Waals surface area contributed by atoms with Gasteiger partial charge in [0.2, 0.25) is 0 Å². The van der Waals surface area contributed by atoms with Crippen LogP contribution in [0.15, 0.2) is 72.8 Å². The van der Waals surface area contributed by atoms with Gasteiger partial charge in [-0.15, -0.1) is 0 Å². The molecule has 7 heteroatoms. The van der Waals surface area contributed by atoms with E-state index in [-0.39, 0.29) is 30.9 Å². The molecule has 35 heavy (non-hydrogen) atoms. The van der Waals surface area contributed by atoms with Crippen molar-refractivity contribution < 1.29 is 24.2 Å². The molecule has 3 N–H and O–H groups in total. The summed E-state index contributed by atoms with van der Waals surface area (Å²) in [7, 11) is 0. The number of anilines is 1. The minimum atomic E-state index is -0.926. The number of rotatable bonds is 8. The van der Waals surface area contributed by atoms with Gasteiger partial charge in [0.05, 0.1) is 11.3 Å².